The maximum atomic E-state index is 12.8. The Kier molecular flexibility index (Phi) is 7.81. The van der Waals surface area contributed by atoms with Crippen LogP contribution < -0.4 is 10.2 Å². The van der Waals surface area contributed by atoms with E-state index in [0.29, 0.717) is 59.5 Å². The van der Waals surface area contributed by atoms with Crippen LogP contribution in [0.3, 0.4) is 0 Å². The fourth-order valence-corrected chi connectivity index (χ4v) is 6.02. The van der Waals surface area contributed by atoms with E-state index in [9.17, 15) is 24.5 Å². The first-order valence-corrected chi connectivity index (χ1v) is 14.7. The molecule has 0 spiro atoms. The summed E-state index contributed by atoms with van der Waals surface area (Å²) >= 11 is 6.72. The molecule has 0 saturated carbocycles. The number of benzene rings is 2. The summed E-state index contributed by atoms with van der Waals surface area (Å²) in [5, 5.41) is 14.9. The van der Waals surface area contributed by atoms with Crippen molar-refractivity contribution < 1.29 is 24.0 Å². The Morgan fingerprint density at radius 3 is 2.44 bits per heavy atom. The first kappa shape index (κ1) is 29.0. The van der Waals surface area contributed by atoms with Crippen molar-refractivity contribution in [3.63, 3.8) is 0 Å². The van der Waals surface area contributed by atoms with Crippen molar-refractivity contribution in [3.05, 3.63) is 60.5 Å². The van der Waals surface area contributed by atoms with E-state index in [1.807, 2.05) is 9.47 Å². The smallest absolute Gasteiger partial charge is 0.407 e. The number of imidazole rings is 1. The molecule has 3 aromatic rings. The lowest BCUT2D eigenvalue weighted by atomic mass is 10.1. The molecule has 0 bridgehead atoms. The van der Waals surface area contributed by atoms with Gasteiger partial charge in [0.1, 0.15) is 10.1 Å². The van der Waals surface area contributed by atoms with Gasteiger partial charge >= 0.3 is 11.8 Å². The molecule has 0 unspecified atom stereocenters. The molecule has 3 heterocycles. The average Bonchev–Trinajstić information content (AvgIpc) is 3.55. The van der Waals surface area contributed by atoms with Gasteiger partial charge in [0.2, 0.25) is 5.95 Å². The van der Waals surface area contributed by atoms with Gasteiger partial charge in [0.25, 0.3) is 11.8 Å². The average molecular weight is 692 g/mol. The predicted octanol–water partition coefficient (Wildman–Crippen LogP) is 5.26. The number of anilines is 1. The number of hydrogen-bond acceptors (Lipinski definition) is 8. The molecule has 1 aromatic heterocycles. The Bertz CT molecular complexity index is 1550. The SMILES string of the molecule is CC(C)(C)OC(=O)N[C@@H]1CCN(c2nc3c([N+](=O)[O-])c(Br)c(Br)cc3n2CCCN2C(=O)c3ccccc3C2=O)C1. The second-order valence-electron chi connectivity index (χ2n) is 10.9. The fraction of sp³-hybridized carbons (Fsp3) is 0.407. The third kappa shape index (κ3) is 5.67. The van der Waals surface area contributed by atoms with Crippen molar-refractivity contribution in [3.8, 4) is 0 Å². The summed E-state index contributed by atoms with van der Waals surface area (Å²) in [4.78, 5) is 57.5. The van der Waals surface area contributed by atoms with E-state index in [1.165, 1.54) is 4.90 Å². The van der Waals surface area contributed by atoms with Crippen LogP contribution in [-0.4, -0.2) is 68.6 Å². The lowest BCUT2D eigenvalue weighted by Gasteiger charge is -2.23. The topological polar surface area (TPSA) is 140 Å². The van der Waals surface area contributed by atoms with Crippen LogP contribution >= 0.6 is 31.9 Å². The van der Waals surface area contributed by atoms with E-state index < -0.39 is 16.6 Å². The maximum Gasteiger partial charge on any atom is 0.407 e. The van der Waals surface area contributed by atoms with Crippen molar-refractivity contribution in [1.29, 1.82) is 0 Å². The number of nitrogens with zero attached hydrogens (tertiary/aromatic N) is 5. The molecule has 5 rings (SSSR count). The van der Waals surface area contributed by atoms with Gasteiger partial charge in [-0.2, -0.15) is 0 Å². The van der Waals surface area contributed by atoms with Crippen LogP contribution in [0.5, 0.6) is 0 Å². The number of hydrogen-bond donors (Lipinski definition) is 1. The van der Waals surface area contributed by atoms with E-state index in [4.69, 9.17) is 9.72 Å². The van der Waals surface area contributed by atoms with E-state index in [2.05, 4.69) is 37.2 Å². The molecular weight excluding hydrogens is 664 g/mol. The third-order valence-electron chi connectivity index (χ3n) is 6.91. The summed E-state index contributed by atoms with van der Waals surface area (Å²) in [6, 6.07) is 8.28. The van der Waals surface area contributed by atoms with Gasteiger partial charge in [0.05, 0.1) is 27.6 Å². The minimum Gasteiger partial charge on any atom is -0.444 e. The highest BCUT2D eigenvalue weighted by Gasteiger charge is 2.35. The van der Waals surface area contributed by atoms with Gasteiger partial charge in [-0.15, -0.1) is 0 Å². The number of alkyl carbamates (subject to hydrolysis) is 1. The van der Waals surface area contributed by atoms with Crippen LogP contribution in [0.15, 0.2) is 39.3 Å². The molecule has 2 aliphatic rings. The van der Waals surface area contributed by atoms with Crippen molar-refractivity contribution in [2.24, 2.45) is 0 Å². The number of aryl methyl sites for hydroxylation is 1. The summed E-state index contributed by atoms with van der Waals surface area (Å²) < 4.78 is 8.03. The first-order chi connectivity index (χ1) is 19.4. The zero-order chi connectivity index (χ0) is 29.6. The van der Waals surface area contributed by atoms with E-state index >= 15 is 0 Å². The monoisotopic (exact) mass is 690 g/mol. The number of nitro groups is 1. The van der Waals surface area contributed by atoms with Gasteiger partial charge in [-0.05, 0) is 83.7 Å². The summed E-state index contributed by atoms with van der Waals surface area (Å²) in [5.74, 6) is -0.164. The van der Waals surface area contributed by atoms with Crippen LogP contribution in [0.1, 0.15) is 54.3 Å². The number of halogens is 2. The molecule has 1 atom stereocenters. The lowest BCUT2D eigenvalue weighted by Crippen LogP contribution is -2.40. The summed E-state index contributed by atoms with van der Waals surface area (Å²) in [7, 11) is 0. The standard InChI is InChI=1S/C27H28Br2N6O6/c1-27(2,3)41-26(38)30-15-9-12-32(14-15)25-31-21-19(13-18(28)20(29)22(21)35(39)40)33(25)10-6-11-34-23(36)16-7-4-5-8-17(16)24(34)37/h4-5,7-8,13,15H,6,9-12,14H2,1-3H3,(H,30,38)/t15-/m1/s1. The molecule has 1 saturated heterocycles. The molecule has 1 fully saturated rings. The number of aromatic nitrogens is 2. The highest BCUT2D eigenvalue weighted by atomic mass is 79.9. The highest BCUT2D eigenvalue weighted by molar-refractivity contribution is 9.13. The van der Waals surface area contributed by atoms with Gasteiger partial charge in [0.15, 0.2) is 5.52 Å². The molecule has 41 heavy (non-hydrogen) atoms. The maximum absolute atomic E-state index is 12.8. The van der Waals surface area contributed by atoms with Crippen LogP contribution in [-0.2, 0) is 11.3 Å². The molecule has 2 aromatic carbocycles. The van der Waals surface area contributed by atoms with E-state index in [1.54, 1.807) is 51.1 Å². The molecule has 0 aliphatic carbocycles. The lowest BCUT2D eigenvalue weighted by molar-refractivity contribution is -0.384. The van der Waals surface area contributed by atoms with Gasteiger partial charge in [-0.3, -0.25) is 24.6 Å². The molecular formula is C27H28Br2N6O6. The molecule has 1 N–H and O–H groups in total. The van der Waals surface area contributed by atoms with Gasteiger partial charge in [-0.1, -0.05) is 12.1 Å². The Morgan fingerprint density at radius 1 is 1.17 bits per heavy atom. The summed E-state index contributed by atoms with van der Waals surface area (Å²) in [6.07, 6.45) is 0.522. The molecule has 3 amide bonds. The zero-order valence-corrected chi connectivity index (χ0v) is 25.8. The fourth-order valence-electron chi connectivity index (χ4n) is 5.17. The van der Waals surface area contributed by atoms with Gasteiger partial charge in [0, 0.05) is 30.7 Å². The number of carbonyl (C=O) groups excluding carboxylic acids is 3. The largest absolute Gasteiger partial charge is 0.444 e. The Balaban J connectivity index is 1.42. The number of rotatable bonds is 7. The number of amides is 3. The normalized spacial score (nSPS) is 17.0. The van der Waals surface area contributed by atoms with Crippen LogP contribution in [0, 0.1) is 10.1 Å². The quantitative estimate of drug-likeness (QED) is 0.201. The number of nitrogens with one attached hydrogen (secondary N) is 1. The number of nitro benzene ring substituents is 1. The highest BCUT2D eigenvalue weighted by Crippen LogP contribution is 2.41. The number of fused-ring (bicyclic) bond motifs is 2. The minimum absolute atomic E-state index is 0.169. The van der Waals surface area contributed by atoms with Gasteiger partial charge in [-0.25, -0.2) is 9.78 Å². The zero-order valence-electron chi connectivity index (χ0n) is 22.6. The van der Waals surface area contributed by atoms with Gasteiger partial charge < -0.3 is 19.5 Å². The van der Waals surface area contributed by atoms with Crippen molar-refractivity contribution in [2.45, 2.75) is 51.8 Å². The molecule has 216 valence electrons. The Hall–Kier alpha value is -3.52. The number of carbonyl (C=O) groups is 3. The van der Waals surface area contributed by atoms with Crippen LogP contribution in [0.25, 0.3) is 11.0 Å². The van der Waals surface area contributed by atoms with Crippen LogP contribution in [0.4, 0.5) is 16.4 Å². The van der Waals surface area contributed by atoms with E-state index in [0.717, 1.165) is 0 Å². The Labute approximate surface area is 252 Å². The molecule has 14 heteroatoms. The number of imide groups is 1. The van der Waals surface area contributed by atoms with Crippen molar-refractivity contribution in [2.75, 3.05) is 24.5 Å². The summed E-state index contributed by atoms with van der Waals surface area (Å²) in [6.45, 7) is 6.87. The van der Waals surface area contributed by atoms with Crippen molar-refractivity contribution in [1.82, 2.24) is 19.8 Å². The third-order valence-corrected chi connectivity index (χ3v) is 8.87. The second kappa shape index (κ2) is 11.0. The minimum atomic E-state index is -0.629. The first-order valence-electron chi connectivity index (χ1n) is 13.1. The summed E-state index contributed by atoms with van der Waals surface area (Å²) in [5.41, 5.74) is 0.720. The molecule has 12 nitrogen and oxygen atoms in total. The Morgan fingerprint density at radius 2 is 1.83 bits per heavy atom. The van der Waals surface area contributed by atoms with E-state index in [-0.39, 0.29) is 40.1 Å². The molecule has 2 aliphatic heterocycles. The van der Waals surface area contributed by atoms with Crippen molar-refractivity contribution >= 4 is 72.4 Å². The van der Waals surface area contributed by atoms with Crippen LogP contribution in [0.2, 0.25) is 0 Å². The second-order valence-corrected chi connectivity index (χ2v) is 12.6. The molecule has 0 radical (unpaired) electrons. The predicted molar refractivity (Wildman–Crippen MR) is 158 cm³/mol. The number of ether oxygens (including phenoxy) is 1.